The number of carbonyl (C=O) groups is 1. The van der Waals surface area contributed by atoms with E-state index in [4.69, 9.17) is 4.74 Å². The molecule has 0 amide bonds. The van der Waals surface area contributed by atoms with Crippen LogP contribution in [0.2, 0.25) is 0 Å². The minimum absolute atomic E-state index is 0.558. The molecule has 4 heteroatoms. The van der Waals surface area contributed by atoms with E-state index in [2.05, 4.69) is 0 Å². The molecule has 0 radical (unpaired) electrons. The van der Waals surface area contributed by atoms with Gasteiger partial charge in [0.1, 0.15) is 5.54 Å². The summed E-state index contributed by atoms with van der Waals surface area (Å²) < 4.78 is 5.22. The normalized spacial score (nSPS) is 21.1. The van der Waals surface area contributed by atoms with Gasteiger partial charge < -0.3 is 9.84 Å². The van der Waals surface area contributed by atoms with Gasteiger partial charge in [0.2, 0.25) is 0 Å². The van der Waals surface area contributed by atoms with E-state index in [1.807, 2.05) is 18.7 Å². The minimum Gasteiger partial charge on any atom is -0.480 e. The van der Waals surface area contributed by atoms with Gasteiger partial charge in [0.25, 0.3) is 0 Å². The number of ether oxygens (including phenoxy) is 1. The quantitative estimate of drug-likeness (QED) is 0.736. The van der Waals surface area contributed by atoms with Gasteiger partial charge in [-0.1, -0.05) is 13.8 Å². The van der Waals surface area contributed by atoms with Gasteiger partial charge in [-0.15, -0.1) is 0 Å². The van der Waals surface area contributed by atoms with Crippen molar-refractivity contribution in [3.63, 3.8) is 0 Å². The zero-order chi connectivity index (χ0) is 10.6. The van der Waals surface area contributed by atoms with Crippen molar-refractivity contribution in [1.82, 2.24) is 4.90 Å². The average Bonchev–Trinajstić information content (AvgIpc) is 2.21. The third kappa shape index (κ3) is 1.91. The first-order chi connectivity index (χ1) is 6.67. The van der Waals surface area contributed by atoms with Gasteiger partial charge in [0.15, 0.2) is 0 Å². The molecule has 0 aromatic heterocycles. The fraction of sp³-hybridized carbons (Fsp3) is 0.900. The summed E-state index contributed by atoms with van der Waals surface area (Å²) in [6.45, 7) is 6.69. The molecule has 4 nitrogen and oxygen atoms in total. The van der Waals surface area contributed by atoms with Crippen molar-refractivity contribution in [3.8, 4) is 0 Å². The van der Waals surface area contributed by atoms with Crippen LogP contribution < -0.4 is 0 Å². The molecule has 1 rings (SSSR count). The van der Waals surface area contributed by atoms with E-state index in [0.717, 1.165) is 13.1 Å². The third-order valence-electron chi connectivity index (χ3n) is 3.09. The molecule has 1 fully saturated rings. The number of rotatable bonds is 4. The summed E-state index contributed by atoms with van der Waals surface area (Å²) in [4.78, 5) is 13.4. The smallest absolute Gasteiger partial charge is 0.324 e. The van der Waals surface area contributed by atoms with Gasteiger partial charge in [0, 0.05) is 13.2 Å². The number of aliphatic carboxylic acids is 1. The maximum atomic E-state index is 11.3. The molecular formula is C10H19NO3. The molecule has 1 aliphatic heterocycles. The average molecular weight is 201 g/mol. The summed E-state index contributed by atoms with van der Waals surface area (Å²) in [5.74, 6) is -0.704. The van der Waals surface area contributed by atoms with Crippen molar-refractivity contribution in [2.75, 3.05) is 26.3 Å². The van der Waals surface area contributed by atoms with E-state index < -0.39 is 11.5 Å². The summed E-state index contributed by atoms with van der Waals surface area (Å²) in [7, 11) is 0. The number of hydrogen-bond acceptors (Lipinski definition) is 3. The molecule has 14 heavy (non-hydrogen) atoms. The largest absolute Gasteiger partial charge is 0.480 e. The Kier molecular flexibility index (Phi) is 3.89. The zero-order valence-corrected chi connectivity index (χ0v) is 8.95. The lowest BCUT2D eigenvalue weighted by atomic mass is 9.88. The summed E-state index contributed by atoms with van der Waals surface area (Å²) in [6.07, 6.45) is 1.20. The first-order valence-corrected chi connectivity index (χ1v) is 5.23. The van der Waals surface area contributed by atoms with Crippen LogP contribution in [0.25, 0.3) is 0 Å². The predicted molar refractivity (Wildman–Crippen MR) is 53.3 cm³/mol. The van der Waals surface area contributed by atoms with E-state index in [1.54, 1.807) is 0 Å². The Morgan fingerprint density at radius 2 is 1.86 bits per heavy atom. The van der Waals surface area contributed by atoms with Gasteiger partial charge in [0.05, 0.1) is 0 Å². The lowest BCUT2D eigenvalue weighted by Gasteiger charge is -2.42. The van der Waals surface area contributed by atoms with E-state index >= 15 is 0 Å². The molecule has 82 valence electrons. The fourth-order valence-corrected chi connectivity index (χ4v) is 2.20. The highest BCUT2D eigenvalue weighted by molar-refractivity contribution is 5.79. The highest BCUT2D eigenvalue weighted by Crippen LogP contribution is 2.27. The van der Waals surface area contributed by atoms with E-state index in [1.165, 1.54) is 0 Å². The Hall–Kier alpha value is -0.610. The van der Waals surface area contributed by atoms with Crippen molar-refractivity contribution in [2.45, 2.75) is 32.2 Å². The number of likely N-dealkylation sites (N-methyl/N-ethyl adjacent to an activating group) is 1. The molecule has 1 aliphatic rings. The lowest BCUT2D eigenvalue weighted by Crippen LogP contribution is -2.57. The Morgan fingerprint density at radius 3 is 2.21 bits per heavy atom. The molecular weight excluding hydrogens is 182 g/mol. The van der Waals surface area contributed by atoms with Gasteiger partial charge >= 0.3 is 5.97 Å². The van der Waals surface area contributed by atoms with Gasteiger partial charge in [-0.2, -0.15) is 0 Å². The minimum atomic E-state index is -0.704. The number of carboxylic acid groups (broad SMARTS) is 1. The topological polar surface area (TPSA) is 49.8 Å². The van der Waals surface area contributed by atoms with Crippen molar-refractivity contribution < 1.29 is 14.6 Å². The Balaban J connectivity index is 2.83. The second-order valence-electron chi connectivity index (χ2n) is 3.62. The molecule has 0 atom stereocenters. The number of nitrogens with zero attached hydrogens (tertiary/aromatic N) is 1. The van der Waals surface area contributed by atoms with Crippen LogP contribution in [0, 0.1) is 0 Å². The second-order valence-corrected chi connectivity index (χ2v) is 3.62. The van der Waals surface area contributed by atoms with E-state index in [-0.39, 0.29) is 0 Å². The molecule has 1 heterocycles. The van der Waals surface area contributed by atoms with E-state index in [9.17, 15) is 9.90 Å². The van der Waals surface area contributed by atoms with Crippen molar-refractivity contribution in [3.05, 3.63) is 0 Å². The maximum Gasteiger partial charge on any atom is 0.324 e. The van der Waals surface area contributed by atoms with Crippen LogP contribution in [0.1, 0.15) is 26.7 Å². The molecule has 0 aliphatic carbocycles. The molecule has 0 aromatic rings. The summed E-state index contributed by atoms with van der Waals surface area (Å²) in [5.41, 5.74) is -0.679. The molecule has 1 N–H and O–H groups in total. The Labute approximate surface area is 84.8 Å². The van der Waals surface area contributed by atoms with Crippen LogP contribution in [0.5, 0.6) is 0 Å². The highest BCUT2D eigenvalue weighted by atomic mass is 16.5. The Bertz CT molecular complexity index is 196. The molecule has 1 saturated heterocycles. The van der Waals surface area contributed by atoms with Crippen LogP contribution in [0.15, 0.2) is 0 Å². The maximum absolute atomic E-state index is 11.3. The molecule has 0 unspecified atom stereocenters. The lowest BCUT2D eigenvalue weighted by molar-refractivity contribution is -0.158. The van der Waals surface area contributed by atoms with Crippen LogP contribution >= 0.6 is 0 Å². The highest BCUT2D eigenvalue weighted by Gasteiger charge is 2.44. The second kappa shape index (κ2) is 4.75. The first-order valence-electron chi connectivity index (χ1n) is 5.23. The third-order valence-corrected chi connectivity index (χ3v) is 3.09. The standard InChI is InChI=1S/C10H19NO3/c1-3-11(4-2)10(9(12)13)5-7-14-8-6-10/h3-8H2,1-2H3,(H,12,13). The van der Waals surface area contributed by atoms with Gasteiger partial charge in [-0.25, -0.2) is 0 Å². The number of hydrogen-bond donors (Lipinski definition) is 1. The van der Waals surface area contributed by atoms with Gasteiger partial charge in [-0.05, 0) is 25.9 Å². The van der Waals surface area contributed by atoms with Crippen LogP contribution in [-0.2, 0) is 9.53 Å². The Morgan fingerprint density at radius 1 is 1.36 bits per heavy atom. The predicted octanol–water partition coefficient (Wildman–Crippen LogP) is 0.962. The first kappa shape index (κ1) is 11.5. The zero-order valence-electron chi connectivity index (χ0n) is 8.95. The molecule has 0 saturated carbocycles. The van der Waals surface area contributed by atoms with Crippen molar-refractivity contribution in [2.24, 2.45) is 0 Å². The summed E-state index contributed by atoms with van der Waals surface area (Å²) in [5, 5.41) is 9.32. The molecule has 0 spiro atoms. The summed E-state index contributed by atoms with van der Waals surface area (Å²) in [6, 6.07) is 0. The van der Waals surface area contributed by atoms with Gasteiger partial charge in [-0.3, -0.25) is 9.69 Å². The van der Waals surface area contributed by atoms with Crippen LogP contribution in [0.3, 0.4) is 0 Å². The van der Waals surface area contributed by atoms with E-state index in [0.29, 0.717) is 26.1 Å². The summed E-state index contributed by atoms with van der Waals surface area (Å²) >= 11 is 0. The van der Waals surface area contributed by atoms with Crippen molar-refractivity contribution >= 4 is 5.97 Å². The van der Waals surface area contributed by atoms with Crippen molar-refractivity contribution in [1.29, 1.82) is 0 Å². The number of carboxylic acids is 1. The monoisotopic (exact) mass is 201 g/mol. The van der Waals surface area contributed by atoms with Crippen LogP contribution in [0.4, 0.5) is 0 Å². The van der Waals surface area contributed by atoms with Crippen LogP contribution in [-0.4, -0.2) is 47.8 Å². The molecule has 0 bridgehead atoms. The SMILES string of the molecule is CCN(CC)C1(C(=O)O)CCOCC1. The molecule has 0 aromatic carbocycles. The fourth-order valence-electron chi connectivity index (χ4n) is 2.20.